The van der Waals surface area contributed by atoms with Gasteiger partial charge in [-0.3, -0.25) is 9.89 Å². The van der Waals surface area contributed by atoms with Crippen molar-refractivity contribution in [3.05, 3.63) is 32.9 Å². The Labute approximate surface area is 145 Å². The van der Waals surface area contributed by atoms with Crippen molar-refractivity contribution >= 4 is 39.3 Å². The second-order valence-corrected chi connectivity index (χ2v) is 7.29. The molecule has 0 aliphatic carbocycles. The van der Waals surface area contributed by atoms with Gasteiger partial charge in [-0.2, -0.15) is 5.10 Å². The molecule has 0 unspecified atom stereocenters. The molecule has 0 radical (unpaired) electrons. The number of thiophene rings is 1. The van der Waals surface area contributed by atoms with Crippen LogP contribution in [0.2, 0.25) is 0 Å². The molecule has 126 valence electrons. The third-order valence-corrected chi connectivity index (χ3v) is 5.51. The van der Waals surface area contributed by atoms with Gasteiger partial charge in [-0.05, 0) is 26.3 Å². The van der Waals surface area contributed by atoms with Crippen molar-refractivity contribution in [2.45, 2.75) is 31.2 Å². The van der Waals surface area contributed by atoms with Crippen molar-refractivity contribution in [3.8, 4) is 0 Å². The number of rotatable bonds is 5. The number of carbonyl (C=O) groups excluding carboxylic acids is 1. The molecule has 0 aromatic carbocycles. The van der Waals surface area contributed by atoms with Crippen LogP contribution in [0, 0.1) is 6.92 Å². The molecule has 3 aromatic heterocycles. The predicted octanol–water partition coefficient (Wildman–Crippen LogP) is 2.44. The van der Waals surface area contributed by atoms with Crippen LogP contribution in [0.1, 0.15) is 40.2 Å². The van der Waals surface area contributed by atoms with E-state index >= 15 is 0 Å². The Morgan fingerprint density at radius 3 is 2.96 bits per heavy atom. The largest absolute Gasteiger partial charge is 0.462 e. The van der Waals surface area contributed by atoms with E-state index in [1.165, 1.54) is 29.4 Å². The highest BCUT2D eigenvalue weighted by molar-refractivity contribution is 7.99. The molecule has 2 N–H and O–H groups in total. The average Bonchev–Trinajstić information content (AvgIpc) is 3.15. The summed E-state index contributed by atoms with van der Waals surface area (Å²) < 4.78 is 5.03. The van der Waals surface area contributed by atoms with Crippen LogP contribution >= 0.6 is 23.1 Å². The lowest BCUT2D eigenvalue weighted by atomic mass is 10.2. The monoisotopic (exact) mass is 365 g/mol. The van der Waals surface area contributed by atoms with E-state index in [0.717, 1.165) is 0 Å². The highest BCUT2D eigenvalue weighted by atomic mass is 32.2. The molecule has 8 nitrogen and oxygen atoms in total. The van der Waals surface area contributed by atoms with Gasteiger partial charge in [-0.15, -0.1) is 11.3 Å². The lowest BCUT2D eigenvalue weighted by molar-refractivity contribution is 0.0531. The molecule has 0 amide bonds. The molecule has 0 spiro atoms. The zero-order chi connectivity index (χ0) is 17.3. The number of hydrogen-bond donors (Lipinski definition) is 2. The summed E-state index contributed by atoms with van der Waals surface area (Å²) in [5, 5.41) is 7.48. The molecular weight excluding hydrogens is 350 g/mol. The summed E-state index contributed by atoms with van der Waals surface area (Å²) in [5.74, 6) is 0.0913. The predicted molar refractivity (Wildman–Crippen MR) is 91.6 cm³/mol. The molecule has 0 aliphatic rings. The number of hydrogen-bond acceptors (Lipinski definition) is 8. The summed E-state index contributed by atoms with van der Waals surface area (Å²) >= 11 is 2.57. The lowest BCUT2D eigenvalue weighted by Crippen LogP contribution is -2.13. The van der Waals surface area contributed by atoms with E-state index in [9.17, 15) is 9.59 Å². The Morgan fingerprint density at radius 1 is 1.50 bits per heavy atom. The van der Waals surface area contributed by atoms with E-state index in [0.29, 0.717) is 31.6 Å². The van der Waals surface area contributed by atoms with Gasteiger partial charge in [0.25, 0.3) is 5.56 Å². The van der Waals surface area contributed by atoms with Crippen molar-refractivity contribution < 1.29 is 9.53 Å². The molecule has 0 bridgehead atoms. The fourth-order valence-corrected chi connectivity index (χ4v) is 4.07. The number of aryl methyl sites for hydroxylation is 1. The van der Waals surface area contributed by atoms with Crippen LogP contribution in [0.3, 0.4) is 0 Å². The number of nitrogens with one attached hydrogen (secondary N) is 2. The number of nitrogens with zero attached hydrogens (tertiary/aromatic N) is 3. The van der Waals surface area contributed by atoms with Gasteiger partial charge in [0.1, 0.15) is 21.9 Å². The first kappa shape index (κ1) is 16.7. The number of esters is 1. The Balaban J connectivity index is 2.00. The van der Waals surface area contributed by atoms with Crippen LogP contribution in [0.4, 0.5) is 0 Å². The third kappa shape index (κ3) is 3.06. The zero-order valence-electron chi connectivity index (χ0n) is 13.2. The van der Waals surface area contributed by atoms with Crippen molar-refractivity contribution in [1.82, 2.24) is 25.1 Å². The average molecular weight is 365 g/mol. The number of fused-ring (bicyclic) bond motifs is 1. The Bertz CT molecular complexity index is 932. The van der Waals surface area contributed by atoms with Crippen molar-refractivity contribution in [1.29, 1.82) is 0 Å². The van der Waals surface area contributed by atoms with E-state index in [2.05, 4.69) is 25.1 Å². The van der Waals surface area contributed by atoms with Crippen molar-refractivity contribution in [2.24, 2.45) is 0 Å². The quantitative estimate of drug-likeness (QED) is 0.527. The molecule has 3 aromatic rings. The van der Waals surface area contributed by atoms with E-state index < -0.39 is 5.97 Å². The van der Waals surface area contributed by atoms with Crippen LogP contribution in [0.5, 0.6) is 0 Å². The van der Waals surface area contributed by atoms with Crippen molar-refractivity contribution in [3.63, 3.8) is 0 Å². The Morgan fingerprint density at radius 2 is 2.29 bits per heavy atom. The van der Waals surface area contributed by atoms with Crippen LogP contribution in [-0.4, -0.2) is 37.7 Å². The molecular formula is C14H15N5O3S2. The van der Waals surface area contributed by atoms with Gasteiger partial charge in [0.15, 0.2) is 5.16 Å². The van der Waals surface area contributed by atoms with Gasteiger partial charge >= 0.3 is 5.97 Å². The first-order valence-electron chi connectivity index (χ1n) is 7.23. The minimum atomic E-state index is -0.428. The van der Waals surface area contributed by atoms with Gasteiger partial charge in [-0.25, -0.2) is 14.8 Å². The maximum absolute atomic E-state index is 12.4. The van der Waals surface area contributed by atoms with Gasteiger partial charge in [0.05, 0.1) is 17.2 Å². The number of aromatic amines is 2. The molecule has 3 rings (SSSR count). The zero-order valence-corrected chi connectivity index (χ0v) is 14.9. The molecule has 3 heterocycles. The van der Waals surface area contributed by atoms with Crippen LogP contribution in [0.25, 0.3) is 10.2 Å². The SMILES string of the molecule is CCOC(=O)c1sc2nc([C@@H](C)Sc3ncn[nH]3)[nH]c(=O)c2c1C. The first-order valence-corrected chi connectivity index (χ1v) is 8.93. The number of carbonyl (C=O) groups is 1. The van der Waals surface area contributed by atoms with Gasteiger partial charge in [0, 0.05) is 0 Å². The van der Waals surface area contributed by atoms with Gasteiger partial charge in [0.2, 0.25) is 0 Å². The number of H-pyrrole nitrogens is 2. The maximum atomic E-state index is 12.4. The molecule has 0 saturated heterocycles. The summed E-state index contributed by atoms with van der Waals surface area (Å²) in [7, 11) is 0. The smallest absolute Gasteiger partial charge is 0.348 e. The number of ether oxygens (including phenoxy) is 1. The fourth-order valence-electron chi connectivity index (χ4n) is 2.22. The third-order valence-electron chi connectivity index (χ3n) is 3.35. The highest BCUT2D eigenvalue weighted by Gasteiger charge is 2.21. The van der Waals surface area contributed by atoms with Gasteiger partial charge in [-0.1, -0.05) is 11.8 Å². The van der Waals surface area contributed by atoms with Gasteiger partial charge < -0.3 is 9.72 Å². The standard InChI is InChI=1S/C14H15N5O3S2/c1-4-22-13(21)9-6(2)8-11(20)17-10(18-12(8)24-9)7(3)23-14-15-5-16-19-14/h5,7H,4H2,1-3H3,(H,15,16,19)(H,17,18,20)/t7-/m1/s1. The highest BCUT2D eigenvalue weighted by Crippen LogP contribution is 2.32. The topological polar surface area (TPSA) is 114 Å². The van der Waals surface area contributed by atoms with E-state index in [1.807, 2.05) is 6.92 Å². The second kappa shape index (κ2) is 6.73. The molecule has 0 saturated carbocycles. The summed E-state index contributed by atoms with van der Waals surface area (Å²) in [4.78, 5) is 36.7. The Kier molecular flexibility index (Phi) is 4.67. The number of aromatic nitrogens is 5. The molecule has 10 heteroatoms. The first-order chi connectivity index (χ1) is 11.5. The molecule has 24 heavy (non-hydrogen) atoms. The molecule has 1 atom stereocenters. The van der Waals surface area contributed by atoms with E-state index in [-0.39, 0.29) is 17.4 Å². The minimum absolute atomic E-state index is 0.136. The summed E-state index contributed by atoms with van der Waals surface area (Å²) in [6.07, 6.45) is 1.42. The Hall–Kier alpha value is -2.20. The molecule has 0 fully saturated rings. The molecule has 0 aliphatic heterocycles. The van der Waals surface area contributed by atoms with Crippen LogP contribution in [-0.2, 0) is 4.74 Å². The van der Waals surface area contributed by atoms with Crippen LogP contribution in [0.15, 0.2) is 16.3 Å². The lowest BCUT2D eigenvalue weighted by Gasteiger charge is -2.07. The summed E-state index contributed by atoms with van der Waals surface area (Å²) in [6.45, 7) is 5.66. The number of thioether (sulfide) groups is 1. The normalized spacial score (nSPS) is 12.5. The van der Waals surface area contributed by atoms with Crippen LogP contribution < -0.4 is 5.56 Å². The summed E-state index contributed by atoms with van der Waals surface area (Å²) in [5.41, 5.74) is 0.341. The second-order valence-electron chi connectivity index (χ2n) is 4.96. The van der Waals surface area contributed by atoms with Crippen molar-refractivity contribution in [2.75, 3.05) is 6.61 Å². The fraction of sp³-hybridized carbons (Fsp3) is 0.357. The minimum Gasteiger partial charge on any atom is -0.462 e. The maximum Gasteiger partial charge on any atom is 0.348 e. The van der Waals surface area contributed by atoms with E-state index in [1.54, 1.807) is 13.8 Å². The summed E-state index contributed by atoms with van der Waals surface area (Å²) in [6, 6.07) is 0. The van der Waals surface area contributed by atoms with E-state index in [4.69, 9.17) is 4.74 Å².